The van der Waals surface area contributed by atoms with Crippen molar-refractivity contribution in [3.05, 3.63) is 108 Å². The highest BCUT2D eigenvalue weighted by molar-refractivity contribution is 5.75. The summed E-state index contributed by atoms with van der Waals surface area (Å²) in [5, 5.41) is 0. The number of alkyl halides is 3. The number of ether oxygens (including phenoxy) is 1. The molecule has 0 aliphatic heterocycles. The second-order valence-corrected chi connectivity index (χ2v) is 7.09. The lowest BCUT2D eigenvalue weighted by molar-refractivity contribution is -0.137. The van der Waals surface area contributed by atoms with Crippen LogP contribution in [-0.2, 0) is 6.18 Å². The van der Waals surface area contributed by atoms with Gasteiger partial charge in [-0.1, -0.05) is 49.1 Å². The van der Waals surface area contributed by atoms with E-state index in [0.717, 1.165) is 29.7 Å². The van der Waals surface area contributed by atoms with Crippen molar-refractivity contribution in [3.63, 3.8) is 0 Å². The average molecular weight is 450 g/mol. The van der Waals surface area contributed by atoms with Crippen LogP contribution in [-0.4, -0.2) is 6.61 Å². The van der Waals surface area contributed by atoms with Crippen LogP contribution in [0.15, 0.2) is 85.0 Å². The SMILES string of the molecule is C=C(C)C/C=C(\C)COc1cccc(F)c1.C=C/C(=C\C)c1ccc(F)cc1C(F)(F)F. The van der Waals surface area contributed by atoms with Crippen LogP contribution in [0.25, 0.3) is 5.57 Å². The number of halogens is 5. The van der Waals surface area contributed by atoms with E-state index >= 15 is 0 Å². The van der Waals surface area contributed by atoms with Gasteiger partial charge in [-0.15, -0.1) is 0 Å². The summed E-state index contributed by atoms with van der Waals surface area (Å²) < 4.78 is 69.0. The first-order chi connectivity index (χ1) is 15.0. The first-order valence-electron chi connectivity index (χ1n) is 9.82. The zero-order valence-corrected chi connectivity index (χ0v) is 18.4. The van der Waals surface area contributed by atoms with Crippen LogP contribution in [0.4, 0.5) is 22.0 Å². The predicted molar refractivity (Wildman–Crippen MR) is 120 cm³/mol. The number of rotatable bonds is 7. The number of benzene rings is 2. The first kappa shape index (κ1) is 26.9. The average Bonchev–Trinajstić information content (AvgIpc) is 2.72. The van der Waals surface area contributed by atoms with Crippen molar-refractivity contribution in [3.8, 4) is 5.75 Å². The zero-order valence-electron chi connectivity index (χ0n) is 18.4. The van der Waals surface area contributed by atoms with Gasteiger partial charge in [-0.25, -0.2) is 8.78 Å². The molecular formula is C26H27F5O. The highest BCUT2D eigenvalue weighted by atomic mass is 19.4. The van der Waals surface area contributed by atoms with Gasteiger partial charge in [-0.2, -0.15) is 13.2 Å². The van der Waals surface area contributed by atoms with Gasteiger partial charge in [0.15, 0.2) is 0 Å². The number of allylic oxidation sites excluding steroid dienone is 5. The Morgan fingerprint density at radius 3 is 2.22 bits per heavy atom. The molecule has 0 unspecified atom stereocenters. The third-order valence-corrected chi connectivity index (χ3v) is 4.19. The fourth-order valence-corrected chi connectivity index (χ4v) is 2.55. The predicted octanol–water partition coefficient (Wildman–Crippen LogP) is 8.55. The fraction of sp³-hybridized carbons (Fsp3) is 0.231. The molecule has 0 aliphatic carbocycles. The van der Waals surface area contributed by atoms with Crippen molar-refractivity contribution in [2.24, 2.45) is 0 Å². The van der Waals surface area contributed by atoms with Gasteiger partial charge >= 0.3 is 6.18 Å². The highest BCUT2D eigenvalue weighted by Gasteiger charge is 2.34. The molecule has 32 heavy (non-hydrogen) atoms. The summed E-state index contributed by atoms with van der Waals surface area (Å²) in [5.41, 5.74) is 1.51. The third-order valence-electron chi connectivity index (χ3n) is 4.19. The van der Waals surface area contributed by atoms with Gasteiger partial charge in [0.25, 0.3) is 0 Å². The topological polar surface area (TPSA) is 9.23 Å². The van der Waals surface area contributed by atoms with Crippen molar-refractivity contribution in [1.82, 2.24) is 0 Å². The van der Waals surface area contributed by atoms with Crippen LogP contribution in [0.2, 0.25) is 0 Å². The van der Waals surface area contributed by atoms with Crippen molar-refractivity contribution in [2.45, 2.75) is 33.4 Å². The molecular weight excluding hydrogens is 423 g/mol. The van der Waals surface area contributed by atoms with E-state index in [0.29, 0.717) is 24.0 Å². The molecule has 2 aromatic carbocycles. The molecule has 1 nitrogen and oxygen atoms in total. The van der Waals surface area contributed by atoms with Crippen molar-refractivity contribution >= 4 is 5.57 Å². The Bertz CT molecular complexity index is 984. The van der Waals surface area contributed by atoms with Gasteiger partial charge in [0.05, 0.1) is 5.56 Å². The first-order valence-corrected chi connectivity index (χ1v) is 9.82. The van der Waals surface area contributed by atoms with E-state index in [2.05, 4.69) is 19.2 Å². The summed E-state index contributed by atoms with van der Waals surface area (Å²) in [6, 6.07) is 8.75. The van der Waals surface area contributed by atoms with Crippen molar-refractivity contribution in [2.75, 3.05) is 6.61 Å². The molecule has 0 fully saturated rings. The summed E-state index contributed by atoms with van der Waals surface area (Å²) in [5.74, 6) is -0.625. The molecule has 0 spiro atoms. The molecule has 0 bridgehead atoms. The summed E-state index contributed by atoms with van der Waals surface area (Å²) in [6.07, 6.45) is 1.16. The standard InChI is InChI=1S/C14H17FO.C12H10F4/c1-11(2)7-8-12(3)10-16-14-6-4-5-13(15)9-14;1-3-8(4-2)10-6-5-9(13)7-11(10)12(14,15)16/h4-6,8-9H,1,7,10H2,2-3H3;3-7H,1H2,2H3/b12-8+;8-4+. The minimum atomic E-state index is -4.57. The highest BCUT2D eigenvalue weighted by Crippen LogP contribution is 2.35. The Morgan fingerprint density at radius 1 is 1.03 bits per heavy atom. The van der Waals surface area contributed by atoms with Gasteiger partial charge in [0.1, 0.15) is 24.0 Å². The molecule has 6 heteroatoms. The molecule has 0 heterocycles. The van der Waals surface area contributed by atoms with E-state index in [9.17, 15) is 22.0 Å². The normalized spacial score (nSPS) is 12.0. The van der Waals surface area contributed by atoms with Gasteiger partial charge in [0, 0.05) is 6.07 Å². The van der Waals surface area contributed by atoms with Gasteiger partial charge in [-0.05, 0) is 68.2 Å². The fourth-order valence-electron chi connectivity index (χ4n) is 2.55. The van der Waals surface area contributed by atoms with Crippen LogP contribution in [0, 0.1) is 11.6 Å². The summed E-state index contributed by atoms with van der Waals surface area (Å²) in [4.78, 5) is 0. The lowest BCUT2D eigenvalue weighted by atomic mass is 9.99. The van der Waals surface area contributed by atoms with Crippen LogP contribution in [0.5, 0.6) is 5.75 Å². The Kier molecular flexibility index (Phi) is 10.6. The minimum absolute atomic E-state index is 0.0635. The monoisotopic (exact) mass is 450 g/mol. The summed E-state index contributed by atoms with van der Waals surface area (Å²) in [6.45, 7) is 13.3. The van der Waals surface area contributed by atoms with Gasteiger partial charge in [0.2, 0.25) is 0 Å². The zero-order chi connectivity index (χ0) is 24.3. The molecule has 0 N–H and O–H groups in total. The quantitative estimate of drug-likeness (QED) is 0.233. The molecule has 172 valence electrons. The number of hydrogen-bond donors (Lipinski definition) is 0. The molecule has 2 aromatic rings. The maximum Gasteiger partial charge on any atom is 0.417 e. The van der Waals surface area contributed by atoms with E-state index in [1.807, 2.05) is 13.8 Å². The summed E-state index contributed by atoms with van der Waals surface area (Å²) in [7, 11) is 0. The van der Waals surface area contributed by atoms with Crippen LogP contribution >= 0.6 is 0 Å². The Hall–Kier alpha value is -3.15. The van der Waals surface area contributed by atoms with Crippen molar-refractivity contribution < 1.29 is 26.7 Å². The molecule has 0 atom stereocenters. The lowest BCUT2D eigenvalue weighted by Gasteiger charge is -2.13. The Balaban J connectivity index is 0.000000320. The van der Waals surface area contributed by atoms with Crippen LogP contribution < -0.4 is 4.74 Å². The van der Waals surface area contributed by atoms with Crippen LogP contribution in [0.1, 0.15) is 38.3 Å². The van der Waals surface area contributed by atoms with E-state index < -0.39 is 17.6 Å². The smallest absolute Gasteiger partial charge is 0.417 e. The second-order valence-electron chi connectivity index (χ2n) is 7.09. The van der Waals surface area contributed by atoms with Gasteiger partial charge in [-0.3, -0.25) is 0 Å². The maximum atomic E-state index is 12.8. The minimum Gasteiger partial charge on any atom is -0.489 e. The summed E-state index contributed by atoms with van der Waals surface area (Å²) >= 11 is 0. The van der Waals surface area contributed by atoms with Gasteiger partial charge < -0.3 is 4.74 Å². The van der Waals surface area contributed by atoms with Crippen LogP contribution in [0.3, 0.4) is 0 Å². The molecule has 0 saturated heterocycles. The van der Waals surface area contributed by atoms with E-state index in [4.69, 9.17) is 4.74 Å². The molecule has 0 radical (unpaired) electrons. The Labute approximate surface area is 186 Å². The van der Waals surface area contributed by atoms with E-state index in [-0.39, 0.29) is 11.4 Å². The number of hydrogen-bond acceptors (Lipinski definition) is 1. The van der Waals surface area contributed by atoms with E-state index in [1.54, 1.807) is 19.1 Å². The molecule has 2 rings (SSSR count). The maximum absolute atomic E-state index is 12.8. The van der Waals surface area contributed by atoms with Crippen molar-refractivity contribution in [1.29, 1.82) is 0 Å². The largest absolute Gasteiger partial charge is 0.489 e. The molecule has 0 aromatic heterocycles. The second kappa shape index (κ2) is 12.6. The lowest BCUT2D eigenvalue weighted by Crippen LogP contribution is -2.09. The molecule has 0 amide bonds. The Morgan fingerprint density at radius 2 is 1.69 bits per heavy atom. The van der Waals surface area contributed by atoms with E-state index in [1.165, 1.54) is 24.3 Å². The molecule has 0 aliphatic rings. The molecule has 0 saturated carbocycles. The third kappa shape index (κ3) is 9.33.